The highest BCUT2D eigenvalue weighted by molar-refractivity contribution is 7.17. The molecule has 0 saturated carbocycles. The van der Waals surface area contributed by atoms with Crippen LogP contribution in [0.3, 0.4) is 0 Å². The van der Waals surface area contributed by atoms with E-state index in [-0.39, 0.29) is 11.7 Å². The molecule has 3 rings (SSSR count). The zero-order chi connectivity index (χ0) is 25.6. The second-order valence-electron chi connectivity index (χ2n) is 7.65. The van der Waals surface area contributed by atoms with Crippen molar-refractivity contribution in [3.8, 4) is 17.0 Å². The second kappa shape index (κ2) is 11.2. The summed E-state index contributed by atoms with van der Waals surface area (Å²) in [5.74, 6) is 0.359. The number of rotatable bonds is 9. The smallest absolute Gasteiger partial charge is 0.287 e. The normalized spacial score (nSPS) is 11.9. The molecule has 0 aliphatic heterocycles. The van der Waals surface area contributed by atoms with Crippen LogP contribution in [0.1, 0.15) is 24.5 Å². The van der Waals surface area contributed by atoms with Gasteiger partial charge in [0.25, 0.3) is 5.66 Å². The molecule has 3 aromatic rings. The predicted octanol–water partition coefficient (Wildman–Crippen LogP) is 3.41. The number of nitrogens with one attached hydrogen (secondary N) is 1. The fourth-order valence-electron chi connectivity index (χ4n) is 3.21. The van der Waals surface area contributed by atoms with Gasteiger partial charge < -0.3 is 15.8 Å². The maximum Gasteiger partial charge on any atom is 0.287 e. The maximum atomic E-state index is 13.9. The summed E-state index contributed by atoms with van der Waals surface area (Å²) in [7, 11) is 3.06. The number of hydrogen-bond acceptors (Lipinski definition) is 6. The van der Waals surface area contributed by atoms with Crippen molar-refractivity contribution in [2.24, 2.45) is 4.99 Å². The van der Waals surface area contributed by atoms with Crippen molar-refractivity contribution in [3.63, 3.8) is 0 Å². The SMILES string of the molecule is C=C(c1cnc(N)c(C(F)(F)P)c1)n1nc(-c2ccc(OCCCNC(C)=O)cc2)ccc1=NC. The first-order chi connectivity index (χ1) is 16.6. The van der Waals surface area contributed by atoms with Gasteiger partial charge in [-0.3, -0.25) is 9.79 Å². The number of halogens is 2. The van der Waals surface area contributed by atoms with Crippen molar-refractivity contribution in [1.82, 2.24) is 20.1 Å². The minimum Gasteiger partial charge on any atom is -0.494 e. The van der Waals surface area contributed by atoms with Gasteiger partial charge in [-0.15, -0.1) is 0 Å². The van der Waals surface area contributed by atoms with Crippen molar-refractivity contribution in [2.45, 2.75) is 19.0 Å². The van der Waals surface area contributed by atoms with E-state index in [1.54, 1.807) is 19.2 Å². The van der Waals surface area contributed by atoms with Crippen LogP contribution >= 0.6 is 9.24 Å². The average Bonchev–Trinajstić information content (AvgIpc) is 2.83. The molecule has 3 N–H and O–H groups in total. The van der Waals surface area contributed by atoms with Crippen molar-refractivity contribution in [3.05, 3.63) is 71.9 Å². The summed E-state index contributed by atoms with van der Waals surface area (Å²) in [4.78, 5) is 19.0. The van der Waals surface area contributed by atoms with Gasteiger partial charge in [-0.1, -0.05) is 15.8 Å². The largest absolute Gasteiger partial charge is 0.494 e. The molecule has 1 atom stereocenters. The van der Waals surface area contributed by atoms with E-state index in [1.165, 1.54) is 33.1 Å². The molecule has 0 saturated heterocycles. The first kappa shape index (κ1) is 26.0. The third-order valence-corrected chi connectivity index (χ3v) is 5.34. The molecule has 2 heterocycles. The molecule has 0 aliphatic carbocycles. The Labute approximate surface area is 204 Å². The summed E-state index contributed by atoms with van der Waals surface area (Å²) in [6.45, 7) is 6.52. The van der Waals surface area contributed by atoms with Crippen LogP contribution in [0.25, 0.3) is 17.0 Å². The van der Waals surface area contributed by atoms with Crippen LogP contribution in [0, 0.1) is 0 Å². The van der Waals surface area contributed by atoms with Crippen molar-refractivity contribution >= 4 is 26.7 Å². The Morgan fingerprint density at radius 3 is 2.63 bits per heavy atom. The monoisotopic (exact) mass is 500 g/mol. The zero-order valence-electron chi connectivity index (χ0n) is 19.5. The molecule has 184 valence electrons. The zero-order valence-corrected chi connectivity index (χ0v) is 20.6. The third kappa shape index (κ3) is 6.70. The molecule has 0 bridgehead atoms. The molecule has 1 amide bonds. The van der Waals surface area contributed by atoms with Crippen molar-refractivity contribution in [1.29, 1.82) is 0 Å². The second-order valence-corrected chi connectivity index (χ2v) is 8.37. The summed E-state index contributed by atoms with van der Waals surface area (Å²) in [5, 5.41) is 7.35. The summed E-state index contributed by atoms with van der Waals surface area (Å²) in [5.41, 5.74) is 4.55. The minimum absolute atomic E-state index is 0.0703. The number of anilines is 1. The number of carbonyl (C=O) groups is 1. The van der Waals surface area contributed by atoms with Crippen LogP contribution in [-0.4, -0.2) is 40.9 Å². The number of ether oxygens (including phenoxy) is 1. The quantitative estimate of drug-likeness (QED) is 0.346. The van der Waals surface area contributed by atoms with Gasteiger partial charge in [-0.2, -0.15) is 13.9 Å². The molecular formula is C24H27F2N6O2P. The molecule has 35 heavy (non-hydrogen) atoms. The third-order valence-electron chi connectivity index (χ3n) is 5.02. The molecular weight excluding hydrogens is 473 g/mol. The van der Waals surface area contributed by atoms with Gasteiger partial charge in [0.2, 0.25) is 5.91 Å². The molecule has 0 spiro atoms. The van der Waals surface area contributed by atoms with E-state index in [2.05, 4.69) is 27.0 Å². The van der Waals surface area contributed by atoms with Gasteiger partial charge in [0.1, 0.15) is 17.1 Å². The van der Waals surface area contributed by atoms with E-state index in [1.807, 2.05) is 24.3 Å². The van der Waals surface area contributed by atoms with Crippen molar-refractivity contribution < 1.29 is 18.3 Å². The Bertz CT molecular complexity index is 1290. The molecule has 8 nitrogen and oxygen atoms in total. The summed E-state index contributed by atoms with van der Waals surface area (Å²) >= 11 is 0. The Hall–Kier alpha value is -3.65. The average molecular weight is 500 g/mol. The molecule has 0 fully saturated rings. The fraction of sp³-hybridized carbons (Fsp3) is 0.250. The number of nitrogens with zero attached hydrogens (tertiary/aromatic N) is 4. The van der Waals surface area contributed by atoms with E-state index in [0.717, 1.165) is 5.56 Å². The van der Waals surface area contributed by atoms with Crippen LogP contribution in [0.15, 0.2) is 60.2 Å². The van der Waals surface area contributed by atoms with Crippen LogP contribution in [-0.2, 0) is 10.5 Å². The maximum absolute atomic E-state index is 13.9. The van der Waals surface area contributed by atoms with Gasteiger partial charge in [0.15, 0.2) is 0 Å². The molecule has 1 aromatic carbocycles. The highest BCUT2D eigenvalue weighted by Crippen LogP contribution is 2.38. The van der Waals surface area contributed by atoms with Gasteiger partial charge >= 0.3 is 0 Å². The number of nitrogens with two attached hydrogens (primary N) is 1. The summed E-state index contributed by atoms with van der Waals surface area (Å²) < 4.78 is 35.0. The number of carbonyl (C=O) groups excluding carboxylic acids is 1. The first-order valence-corrected chi connectivity index (χ1v) is 11.3. The number of nitrogen functional groups attached to an aromatic ring is 1. The van der Waals surface area contributed by atoms with Gasteiger partial charge in [-0.05, 0) is 48.9 Å². The number of hydrogen-bond donors (Lipinski definition) is 2. The van der Waals surface area contributed by atoms with Crippen LogP contribution in [0.2, 0.25) is 0 Å². The highest BCUT2D eigenvalue weighted by atomic mass is 31.0. The lowest BCUT2D eigenvalue weighted by Gasteiger charge is -2.16. The van der Waals surface area contributed by atoms with Gasteiger partial charge in [0, 0.05) is 37.8 Å². The lowest BCUT2D eigenvalue weighted by molar-refractivity contribution is -0.118. The Kier molecular flexibility index (Phi) is 8.30. The van der Waals surface area contributed by atoms with Crippen LogP contribution < -0.4 is 21.3 Å². The van der Waals surface area contributed by atoms with E-state index < -0.39 is 11.2 Å². The highest BCUT2D eigenvalue weighted by Gasteiger charge is 2.28. The van der Waals surface area contributed by atoms with Crippen molar-refractivity contribution in [2.75, 3.05) is 25.9 Å². The van der Waals surface area contributed by atoms with Crippen LogP contribution in [0.5, 0.6) is 5.75 Å². The molecule has 0 aliphatic rings. The first-order valence-electron chi connectivity index (χ1n) is 10.7. The Morgan fingerprint density at radius 1 is 1.29 bits per heavy atom. The Morgan fingerprint density at radius 2 is 2.00 bits per heavy atom. The number of aromatic nitrogens is 3. The number of benzene rings is 1. The summed E-state index contributed by atoms with van der Waals surface area (Å²) in [6.07, 6.45) is 2.06. The Balaban J connectivity index is 1.83. The van der Waals surface area contributed by atoms with E-state index in [4.69, 9.17) is 10.5 Å². The summed E-state index contributed by atoms with van der Waals surface area (Å²) in [6, 6.07) is 12.2. The minimum atomic E-state index is -3.24. The van der Waals surface area contributed by atoms with E-state index in [0.29, 0.717) is 47.8 Å². The lowest BCUT2D eigenvalue weighted by Crippen LogP contribution is -2.23. The van der Waals surface area contributed by atoms with Gasteiger partial charge in [0.05, 0.1) is 23.6 Å². The molecule has 11 heteroatoms. The lowest BCUT2D eigenvalue weighted by atomic mass is 10.1. The number of amides is 1. The molecule has 1 unspecified atom stereocenters. The topological polar surface area (TPSA) is 107 Å². The number of pyridine rings is 1. The fourth-order valence-corrected chi connectivity index (χ4v) is 3.44. The molecule has 0 radical (unpaired) electrons. The van der Waals surface area contributed by atoms with E-state index in [9.17, 15) is 13.6 Å². The predicted molar refractivity (Wildman–Crippen MR) is 135 cm³/mol. The number of alkyl halides is 2. The molecule has 2 aromatic heterocycles. The standard InChI is InChI=1S/C24H27F2N6O2P/c1-15(18-13-20(24(25,26)35)23(27)30-14-18)32-22(28-3)10-9-21(31-32)17-5-7-19(8-6-17)34-12-4-11-29-16(2)33/h5-10,13-14H,1,4,11-12,35H2,2-3H3,(H2,27,30)(H,29,33). The van der Waals surface area contributed by atoms with Gasteiger partial charge in [-0.25, -0.2) is 9.67 Å². The van der Waals surface area contributed by atoms with Crippen LogP contribution in [0.4, 0.5) is 14.6 Å². The van der Waals surface area contributed by atoms with E-state index >= 15 is 0 Å².